The van der Waals surface area contributed by atoms with Crippen LogP contribution in [0.15, 0.2) is 66.7 Å². The molecule has 1 aliphatic heterocycles. The summed E-state index contributed by atoms with van der Waals surface area (Å²) in [5.41, 5.74) is 4.17. The van der Waals surface area contributed by atoms with Crippen LogP contribution in [0.5, 0.6) is 5.75 Å². The Morgan fingerprint density at radius 3 is 2.55 bits per heavy atom. The number of anilines is 1. The van der Waals surface area contributed by atoms with E-state index in [4.69, 9.17) is 16.3 Å². The topological polar surface area (TPSA) is 58.6 Å². The van der Waals surface area contributed by atoms with Crippen molar-refractivity contribution in [2.45, 2.75) is 19.4 Å². The van der Waals surface area contributed by atoms with Gasteiger partial charge in [-0.15, -0.1) is 0 Å². The zero-order valence-electron chi connectivity index (χ0n) is 17.4. The molecule has 3 aromatic carbocycles. The third kappa shape index (κ3) is 4.42. The van der Waals surface area contributed by atoms with Crippen LogP contribution in [0.25, 0.3) is 0 Å². The van der Waals surface area contributed by atoms with Gasteiger partial charge >= 0.3 is 0 Å². The average molecular weight is 435 g/mol. The summed E-state index contributed by atoms with van der Waals surface area (Å²) in [4.78, 5) is 27.3. The molecule has 0 saturated heterocycles. The minimum absolute atomic E-state index is 0.0468. The number of hydrogen-bond donors (Lipinski definition) is 1. The number of methoxy groups -OCH3 is 1. The molecule has 1 atom stereocenters. The Kier molecular flexibility index (Phi) is 5.96. The molecule has 0 bridgehead atoms. The van der Waals surface area contributed by atoms with E-state index < -0.39 is 0 Å². The molecule has 1 aliphatic rings. The van der Waals surface area contributed by atoms with Crippen molar-refractivity contribution in [2.24, 2.45) is 0 Å². The minimum atomic E-state index is -0.170. The largest absolute Gasteiger partial charge is 0.497 e. The molecule has 0 radical (unpaired) electrons. The van der Waals surface area contributed by atoms with Gasteiger partial charge in [-0.25, -0.2) is 0 Å². The van der Waals surface area contributed by atoms with E-state index >= 15 is 0 Å². The van der Waals surface area contributed by atoms with Crippen LogP contribution in [-0.4, -0.2) is 25.5 Å². The Hall–Kier alpha value is -3.31. The highest BCUT2D eigenvalue weighted by Crippen LogP contribution is 2.32. The van der Waals surface area contributed by atoms with E-state index in [1.54, 1.807) is 48.4 Å². The number of amides is 2. The average Bonchev–Trinajstić information content (AvgIpc) is 3.22. The van der Waals surface area contributed by atoms with Crippen LogP contribution in [0.1, 0.15) is 44.8 Å². The summed E-state index contributed by atoms with van der Waals surface area (Å²) in [6.45, 7) is 2.57. The van der Waals surface area contributed by atoms with Crippen molar-refractivity contribution in [3.05, 3.63) is 94.0 Å². The van der Waals surface area contributed by atoms with Crippen LogP contribution in [0.4, 0.5) is 5.69 Å². The fraction of sp³-hybridized carbons (Fsp3) is 0.200. The highest BCUT2D eigenvalue weighted by atomic mass is 35.5. The summed E-state index contributed by atoms with van der Waals surface area (Å²) in [7, 11) is 1.59. The van der Waals surface area contributed by atoms with E-state index in [2.05, 4.69) is 11.4 Å². The predicted octanol–water partition coefficient (Wildman–Crippen LogP) is 5.04. The monoisotopic (exact) mass is 434 g/mol. The molecular formula is C25H23ClN2O3. The number of halogens is 1. The molecule has 1 unspecified atom stereocenters. The van der Waals surface area contributed by atoms with Gasteiger partial charge in [-0.05, 0) is 73.0 Å². The molecule has 158 valence electrons. The van der Waals surface area contributed by atoms with E-state index in [0.717, 1.165) is 23.2 Å². The first-order chi connectivity index (χ1) is 15.0. The van der Waals surface area contributed by atoms with Gasteiger partial charge in [-0.2, -0.15) is 0 Å². The first-order valence-electron chi connectivity index (χ1n) is 10.1. The first-order valence-corrected chi connectivity index (χ1v) is 10.5. The normalized spacial score (nSPS) is 13.5. The summed E-state index contributed by atoms with van der Waals surface area (Å²) in [6, 6.07) is 19.8. The smallest absolute Gasteiger partial charge is 0.258 e. The number of carbonyl (C=O) groups is 2. The zero-order chi connectivity index (χ0) is 22.0. The van der Waals surface area contributed by atoms with Crippen LogP contribution in [0.3, 0.4) is 0 Å². The zero-order valence-corrected chi connectivity index (χ0v) is 18.1. The third-order valence-corrected chi connectivity index (χ3v) is 5.77. The molecule has 3 aromatic rings. The van der Waals surface area contributed by atoms with Gasteiger partial charge in [0.2, 0.25) is 0 Å². The van der Waals surface area contributed by atoms with E-state index in [0.29, 0.717) is 28.4 Å². The second-order valence-corrected chi connectivity index (χ2v) is 7.97. The Balaban J connectivity index is 1.49. The quantitative estimate of drug-likeness (QED) is 0.611. The molecule has 31 heavy (non-hydrogen) atoms. The highest BCUT2D eigenvalue weighted by molar-refractivity contribution is 6.30. The van der Waals surface area contributed by atoms with E-state index in [1.165, 1.54) is 0 Å². The molecular weight excluding hydrogens is 412 g/mol. The number of ether oxygens (including phenoxy) is 1. The molecule has 0 saturated carbocycles. The summed E-state index contributed by atoms with van der Waals surface area (Å²) >= 11 is 5.89. The second kappa shape index (κ2) is 8.82. The van der Waals surface area contributed by atoms with E-state index in [-0.39, 0.29) is 17.9 Å². The Morgan fingerprint density at radius 1 is 1.03 bits per heavy atom. The summed E-state index contributed by atoms with van der Waals surface area (Å²) in [5, 5.41) is 3.61. The van der Waals surface area contributed by atoms with Gasteiger partial charge in [0, 0.05) is 28.4 Å². The molecule has 0 spiro atoms. The van der Waals surface area contributed by atoms with Crippen molar-refractivity contribution in [1.82, 2.24) is 5.32 Å². The lowest BCUT2D eigenvalue weighted by atomic mass is 10.0. The third-order valence-electron chi connectivity index (χ3n) is 5.51. The molecule has 0 fully saturated rings. The van der Waals surface area contributed by atoms with Crippen molar-refractivity contribution in [1.29, 1.82) is 0 Å². The maximum atomic E-state index is 13.0. The van der Waals surface area contributed by atoms with Gasteiger partial charge in [0.25, 0.3) is 11.8 Å². The van der Waals surface area contributed by atoms with Crippen molar-refractivity contribution >= 4 is 29.1 Å². The summed E-state index contributed by atoms with van der Waals surface area (Å²) < 4.78 is 5.24. The van der Waals surface area contributed by atoms with E-state index in [1.807, 2.05) is 31.2 Å². The fourth-order valence-electron chi connectivity index (χ4n) is 3.78. The molecule has 4 rings (SSSR count). The highest BCUT2D eigenvalue weighted by Gasteiger charge is 2.26. The minimum Gasteiger partial charge on any atom is -0.497 e. The van der Waals surface area contributed by atoms with Crippen LogP contribution in [0, 0.1) is 0 Å². The number of nitrogens with one attached hydrogen (secondary N) is 1. The Bertz CT molecular complexity index is 1130. The first kappa shape index (κ1) is 20.9. The number of fused-ring (bicyclic) bond motifs is 1. The van der Waals surface area contributed by atoms with Gasteiger partial charge in [-0.3, -0.25) is 9.59 Å². The lowest BCUT2D eigenvalue weighted by Gasteiger charge is -2.19. The summed E-state index contributed by atoms with van der Waals surface area (Å²) in [6.07, 6.45) is 0.775. The standard InChI is InChI=1S/C25H23ClN2O3/c1-16(27-24(29)17-6-9-21(26)10-7-17)18-8-11-23-19(14-18)12-13-28(23)25(30)20-4-3-5-22(15-20)31-2/h3-11,14-16H,12-13H2,1-2H3,(H,27,29). The maximum Gasteiger partial charge on any atom is 0.258 e. The van der Waals surface area contributed by atoms with Crippen LogP contribution >= 0.6 is 11.6 Å². The van der Waals surface area contributed by atoms with Crippen LogP contribution in [0.2, 0.25) is 5.02 Å². The lowest BCUT2D eigenvalue weighted by molar-refractivity contribution is 0.0938. The lowest BCUT2D eigenvalue weighted by Crippen LogP contribution is -2.29. The van der Waals surface area contributed by atoms with Gasteiger partial charge in [0.05, 0.1) is 13.2 Å². The summed E-state index contributed by atoms with van der Waals surface area (Å²) in [5.74, 6) is 0.458. The van der Waals surface area contributed by atoms with Gasteiger partial charge < -0.3 is 15.0 Å². The number of carbonyl (C=O) groups excluding carboxylic acids is 2. The molecule has 5 nitrogen and oxygen atoms in total. The molecule has 6 heteroatoms. The number of rotatable bonds is 5. The molecule has 0 aromatic heterocycles. The number of nitrogens with zero attached hydrogens (tertiary/aromatic N) is 1. The fourth-order valence-corrected chi connectivity index (χ4v) is 3.90. The van der Waals surface area contributed by atoms with E-state index in [9.17, 15) is 9.59 Å². The maximum absolute atomic E-state index is 13.0. The van der Waals surface area contributed by atoms with Crippen molar-refractivity contribution in [3.8, 4) is 5.75 Å². The van der Waals surface area contributed by atoms with Gasteiger partial charge in [0.1, 0.15) is 5.75 Å². The molecule has 1 N–H and O–H groups in total. The Morgan fingerprint density at radius 2 is 1.81 bits per heavy atom. The van der Waals surface area contributed by atoms with Crippen molar-refractivity contribution in [3.63, 3.8) is 0 Å². The Labute approximate surface area is 186 Å². The van der Waals surface area contributed by atoms with Gasteiger partial charge in [0.15, 0.2) is 0 Å². The van der Waals surface area contributed by atoms with Crippen molar-refractivity contribution in [2.75, 3.05) is 18.6 Å². The number of benzene rings is 3. The SMILES string of the molecule is COc1cccc(C(=O)N2CCc3cc(C(C)NC(=O)c4ccc(Cl)cc4)ccc32)c1. The van der Waals surface area contributed by atoms with Crippen molar-refractivity contribution < 1.29 is 14.3 Å². The van der Waals surface area contributed by atoms with Crippen LogP contribution < -0.4 is 15.0 Å². The predicted molar refractivity (Wildman–Crippen MR) is 122 cm³/mol. The van der Waals surface area contributed by atoms with Crippen LogP contribution in [-0.2, 0) is 6.42 Å². The molecule has 0 aliphatic carbocycles. The molecule has 1 heterocycles. The van der Waals surface area contributed by atoms with Gasteiger partial charge in [-0.1, -0.05) is 29.8 Å². The number of hydrogen-bond acceptors (Lipinski definition) is 3. The molecule has 2 amide bonds. The second-order valence-electron chi connectivity index (χ2n) is 7.53.